The summed E-state index contributed by atoms with van der Waals surface area (Å²) in [7, 11) is 0. The molecule has 3 rings (SSSR count). The normalized spacial score (nSPS) is 17.7. The zero-order valence-electron chi connectivity index (χ0n) is 9.82. The second-order valence-electron chi connectivity index (χ2n) is 4.93. The summed E-state index contributed by atoms with van der Waals surface area (Å²) >= 11 is 0. The van der Waals surface area contributed by atoms with Crippen molar-refractivity contribution in [1.82, 2.24) is 0 Å². The van der Waals surface area contributed by atoms with Crippen LogP contribution in [0.1, 0.15) is 24.8 Å². The van der Waals surface area contributed by atoms with Crippen molar-refractivity contribution in [3.63, 3.8) is 0 Å². The van der Waals surface area contributed by atoms with E-state index in [2.05, 4.69) is 36.9 Å². The summed E-state index contributed by atoms with van der Waals surface area (Å²) in [5.41, 5.74) is 1.28. The summed E-state index contributed by atoms with van der Waals surface area (Å²) in [6, 6.07) is 14.5. The van der Waals surface area contributed by atoms with E-state index < -0.39 is 5.60 Å². The number of fused-ring (bicyclic) bond motifs is 1. The fourth-order valence-electron chi connectivity index (χ4n) is 2.46. The minimum absolute atomic E-state index is 0.650. The molecule has 1 aliphatic carbocycles. The van der Waals surface area contributed by atoms with Crippen LogP contribution < -0.4 is 0 Å². The van der Waals surface area contributed by atoms with Gasteiger partial charge >= 0.3 is 0 Å². The van der Waals surface area contributed by atoms with Crippen LogP contribution in [-0.2, 0) is 0 Å². The van der Waals surface area contributed by atoms with Gasteiger partial charge in [-0.2, -0.15) is 0 Å². The quantitative estimate of drug-likeness (QED) is 0.823. The van der Waals surface area contributed by atoms with Gasteiger partial charge in [0, 0.05) is 0 Å². The second kappa shape index (κ2) is 3.71. The van der Waals surface area contributed by atoms with Crippen molar-refractivity contribution >= 4 is 16.3 Å². The first-order valence-corrected chi connectivity index (χ1v) is 6.10. The van der Waals surface area contributed by atoms with Crippen LogP contribution in [0, 0.1) is 0 Å². The summed E-state index contributed by atoms with van der Waals surface area (Å²) in [4.78, 5) is 0. The fourth-order valence-corrected chi connectivity index (χ4v) is 2.46. The molecule has 1 fully saturated rings. The van der Waals surface area contributed by atoms with Crippen LogP contribution in [0.3, 0.4) is 0 Å². The first-order chi connectivity index (χ1) is 8.19. The lowest BCUT2D eigenvalue weighted by molar-refractivity contribution is 0.0247. The maximum absolute atomic E-state index is 10.3. The van der Waals surface area contributed by atoms with Crippen LogP contribution in [-0.4, -0.2) is 10.7 Å². The molecule has 1 saturated carbocycles. The molecule has 0 radical (unpaired) electrons. The Morgan fingerprint density at radius 3 is 2.41 bits per heavy atom. The first kappa shape index (κ1) is 10.5. The summed E-state index contributed by atoms with van der Waals surface area (Å²) in [6.07, 6.45) is 2.79. The van der Waals surface area contributed by atoms with Gasteiger partial charge in [-0.25, -0.2) is 0 Å². The molecule has 0 aromatic heterocycles. The average Bonchev–Trinajstić information content (AvgIpc) is 2.34. The highest BCUT2D eigenvalue weighted by Gasteiger charge is 2.37. The van der Waals surface area contributed by atoms with E-state index in [9.17, 15) is 5.11 Å². The molecule has 1 aliphatic rings. The van der Waals surface area contributed by atoms with Gasteiger partial charge < -0.3 is 5.11 Å². The Balaban J connectivity index is 2.03. The summed E-state index contributed by atoms with van der Waals surface area (Å²) < 4.78 is 0. The minimum atomic E-state index is -0.650. The fraction of sp³-hybridized carbons (Fsp3) is 0.250. The van der Waals surface area contributed by atoms with Crippen LogP contribution in [0.15, 0.2) is 49.0 Å². The number of hydrogen-bond acceptors (Lipinski definition) is 1. The molecule has 0 amide bonds. The van der Waals surface area contributed by atoms with Gasteiger partial charge in [-0.1, -0.05) is 43.0 Å². The van der Waals surface area contributed by atoms with Crippen LogP contribution in [0.4, 0.5) is 0 Å². The van der Waals surface area contributed by atoms with E-state index in [1.54, 1.807) is 0 Å². The van der Waals surface area contributed by atoms with E-state index in [1.165, 1.54) is 10.8 Å². The van der Waals surface area contributed by atoms with Crippen molar-refractivity contribution in [1.29, 1.82) is 0 Å². The zero-order valence-corrected chi connectivity index (χ0v) is 9.82. The Labute approximate surface area is 101 Å². The predicted molar refractivity (Wildman–Crippen MR) is 71.8 cm³/mol. The standard InChI is InChI=1S/C16H16O/c1-12(16(17)9-4-10-16)14-8-7-13-5-2-3-6-15(13)11-14/h2-3,5-8,11,17H,1,4,9-10H2. The molecule has 1 heteroatoms. The Bertz CT molecular complexity index is 579. The average molecular weight is 224 g/mol. The van der Waals surface area contributed by atoms with Crippen molar-refractivity contribution in [3.8, 4) is 0 Å². The lowest BCUT2D eigenvalue weighted by Gasteiger charge is -2.38. The van der Waals surface area contributed by atoms with Crippen LogP contribution in [0.2, 0.25) is 0 Å². The Morgan fingerprint density at radius 1 is 1.06 bits per heavy atom. The Kier molecular flexibility index (Phi) is 2.30. The molecule has 1 nitrogen and oxygen atoms in total. The van der Waals surface area contributed by atoms with Gasteiger partial charge in [-0.3, -0.25) is 0 Å². The Hall–Kier alpha value is -1.60. The number of aliphatic hydroxyl groups is 1. The monoisotopic (exact) mass is 224 g/mol. The molecular formula is C16H16O. The smallest absolute Gasteiger partial charge is 0.0896 e. The van der Waals surface area contributed by atoms with E-state index in [4.69, 9.17) is 0 Å². The third kappa shape index (κ3) is 1.67. The molecule has 0 unspecified atom stereocenters. The third-order valence-corrected chi connectivity index (χ3v) is 3.84. The largest absolute Gasteiger partial charge is 0.385 e. The number of hydrogen-bond donors (Lipinski definition) is 1. The van der Waals surface area contributed by atoms with E-state index in [1.807, 2.05) is 12.1 Å². The van der Waals surface area contributed by atoms with Crippen LogP contribution >= 0.6 is 0 Å². The van der Waals surface area contributed by atoms with Gasteiger partial charge in [0.2, 0.25) is 0 Å². The van der Waals surface area contributed by atoms with Crippen molar-refractivity contribution in [2.45, 2.75) is 24.9 Å². The lowest BCUT2D eigenvalue weighted by atomic mass is 9.73. The predicted octanol–water partition coefficient (Wildman–Crippen LogP) is 3.77. The molecule has 0 spiro atoms. The Morgan fingerprint density at radius 2 is 1.76 bits per heavy atom. The zero-order chi connectivity index (χ0) is 11.9. The molecule has 0 bridgehead atoms. The van der Waals surface area contributed by atoms with Gasteiger partial charge in [-0.05, 0) is 47.2 Å². The maximum atomic E-state index is 10.3. The topological polar surface area (TPSA) is 20.2 Å². The van der Waals surface area contributed by atoms with Gasteiger partial charge in [0.1, 0.15) is 0 Å². The van der Waals surface area contributed by atoms with Crippen molar-refractivity contribution in [3.05, 3.63) is 54.6 Å². The molecule has 0 aliphatic heterocycles. The van der Waals surface area contributed by atoms with E-state index in [-0.39, 0.29) is 0 Å². The number of rotatable bonds is 2. The molecule has 2 aromatic carbocycles. The van der Waals surface area contributed by atoms with Gasteiger partial charge in [0.05, 0.1) is 5.60 Å². The number of benzene rings is 2. The van der Waals surface area contributed by atoms with E-state index in [0.29, 0.717) is 0 Å². The van der Waals surface area contributed by atoms with Gasteiger partial charge in [0.25, 0.3) is 0 Å². The summed E-state index contributed by atoms with van der Waals surface area (Å²) in [6.45, 7) is 4.08. The highest BCUT2D eigenvalue weighted by Crippen LogP contribution is 2.42. The van der Waals surface area contributed by atoms with Crippen LogP contribution in [0.25, 0.3) is 16.3 Å². The van der Waals surface area contributed by atoms with Crippen molar-refractivity contribution in [2.75, 3.05) is 0 Å². The van der Waals surface area contributed by atoms with Crippen molar-refractivity contribution < 1.29 is 5.11 Å². The molecule has 2 aromatic rings. The summed E-state index contributed by atoms with van der Waals surface area (Å²) in [5.74, 6) is 0. The van der Waals surface area contributed by atoms with E-state index in [0.717, 1.165) is 30.4 Å². The molecule has 86 valence electrons. The molecule has 17 heavy (non-hydrogen) atoms. The van der Waals surface area contributed by atoms with Crippen LogP contribution in [0.5, 0.6) is 0 Å². The second-order valence-corrected chi connectivity index (χ2v) is 4.93. The molecule has 0 heterocycles. The highest BCUT2D eigenvalue weighted by atomic mass is 16.3. The lowest BCUT2D eigenvalue weighted by Crippen LogP contribution is -2.37. The van der Waals surface area contributed by atoms with Gasteiger partial charge in [-0.15, -0.1) is 0 Å². The SMILES string of the molecule is C=C(c1ccc2ccccc2c1)C1(O)CCC1. The molecule has 0 saturated heterocycles. The molecular weight excluding hydrogens is 208 g/mol. The maximum Gasteiger partial charge on any atom is 0.0896 e. The molecule has 1 N–H and O–H groups in total. The van der Waals surface area contributed by atoms with Gasteiger partial charge in [0.15, 0.2) is 0 Å². The highest BCUT2D eigenvalue weighted by molar-refractivity contribution is 5.87. The van der Waals surface area contributed by atoms with Crippen molar-refractivity contribution in [2.24, 2.45) is 0 Å². The minimum Gasteiger partial charge on any atom is -0.385 e. The third-order valence-electron chi connectivity index (χ3n) is 3.84. The van der Waals surface area contributed by atoms with E-state index >= 15 is 0 Å². The summed E-state index contributed by atoms with van der Waals surface area (Å²) in [5, 5.41) is 12.7. The first-order valence-electron chi connectivity index (χ1n) is 6.10. The molecule has 0 atom stereocenters.